The van der Waals surface area contributed by atoms with Crippen LogP contribution in [-0.4, -0.2) is 37.9 Å². The van der Waals surface area contributed by atoms with E-state index < -0.39 is 0 Å². The molecule has 0 spiro atoms. The fraction of sp³-hybridized carbons (Fsp3) is 0.500. The van der Waals surface area contributed by atoms with Gasteiger partial charge in [-0.05, 0) is 31.0 Å². The number of anilines is 2. The van der Waals surface area contributed by atoms with Crippen LogP contribution >= 0.6 is 11.6 Å². The first-order chi connectivity index (χ1) is 9.35. The van der Waals surface area contributed by atoms with Crippen LogP contribution in [0.25, 0.3) is 0 Å². The highest BCUT2D eigenvalue weighted by atomic mass is 35.5. The van der Waals surface area contributed by atoms with E-state index in [-0.39, 0.29) is 24.6 Å². The molecule has 0 saturated carbocycles. The number of aliphatic hydroxyl groups is 1. The molecule has 3 N–H and O–H groups in total. The number of benzene rings is 1. The molecule has 2 atom stereocenters. The van der Waals surface area contributed by atoms with Crippen LogP contribution in [-0.2, 0) is 0 Å². The molecular weight excluding hydrogens is 278 g/mol. The second-order valence-corrected chi connectivity index (χ2v) is 5.51. The molecule has 0 bridgehead atoms. The van der Waals surface area contributed by atoms with E-state index in [1.165, 1.54) is 0 Å². The van der Waals surface area contributed by atoms with Gasteiger partial charge in [-0.1, -0.05) is 18.5 Å². The number of nitrogens with zero attached hydrogens (tertiary/aromatic N) is 1. The third-order valence-electron chi connectivity index (χ3n) is 3.19. The largest absolute Gasteiger partial charge is 0.396 e. The zero-order valence-corrected chi connectivity index (χ0v) is 13.0. The summed E-state index contributed by atoms with van der Waals surface area (Å²) >= 11 is 6.14. The average Bonchev–Trinajstić information content (AvgIpc) is 2.37. The Kier molecular flexibility index (Phi) is 6.10. The minimum atomic E-state index is -0.313. The molecule has 2 unspecified atom stereocenters. The van der Waals surface area contributed by atoms with Crippen molar-refractivity contribution in [3.05, 3.63) is 23.2 Å². The summed E-state index contributed by atoms with van der Waals surface area (Å²) in [5.41, 5.74) is 1.52. The number of urea groups is 1. The molecule has 1 aromatic carbocycles. The van der Waals surface area contributed by atoms with E-state index in [2.05, 4.69) is 10.6 Å². The van der Waals surface area contributed by atoms with Crippen LogP contribution in [0, 0.1) is 5.92 Å². The topological polar surface area (TPSA) is 64.6 Å². The van der Waals surface area contributed by atoms with E-state index in [0.717, 1.165) is 5.69 Å². The Hall–Kier alpha value is -1.46. The van der Waals surface area contributed by atoms with Gasteiger partial charge in [-0.3, -0.25) is 0 Å². The molecule has 0 fully saturated rings. The molecule has 112 valence electrons. The third-order valence-corrected chi connectivity index (χ3v) is 3.49. The fourth-order valence-electron chi connectivity index (χ4n) is 1.62. The summed E-state index contributed by atoms with van der Waals surface area (Å²) in [6.07, 6.45) is 0. The summed E-state index contributed by atoms with van der Waals surface area (Å²) in [7, 11) is 3.80. The number of halogens is 1. The van der Waals surface area contributed by atoms with Crippen molar-refractivity contribution >= 4 is 29.0 Å². The van der Waals surface area contributed by atoms with Gasteiger partial charge >= 0.3 is 6.03 Å². The number of rotatable bonds is 5. The molecule has 0 aromatic heterocycles. The molecule has 6 heteroatoms. The van der Waals surface area contributed by atoms with Crippen molar-refractivity contribution in [2.75, 3.05) is 30.9 Å². The molecule has 2 amide bonds. The van der Waals surface area contributed by atoms with Crippen LogP contribution in [0.2, 0.25) is 5.02 Å². The summed E-state index contributed by atoms with van der Waals surface area (Å²) < 4.78 is 0. The van der Waals surface area contributed by atoms with E-state index >= 15 is 0 Å². The first-order valence-electron chi connectivity index (χ1n) is 6.50. The maximum Gasteiger partial charge on any atom is 0.319 e. The van der Waals surface area contributed by atoms with Gasteiger partial charge in [0.2, 0.25) is 0 Å². The van der Waals surface area contributed by atoms with Crippen LogP contribution in [0.15, 0.2) is 18.2 Å². The molecule has 0 aliphatic rings. The number of nitrogens with one attached hydrogen (secondary N) is 2. The Morgan fingerprint density at radius 1 is 1.40 bits per heavy atom. The third kappa shape index (κ3) is 4.58. The number of aliphatic hydroxyl groups excluding tert-OH is 1. The smallest absolute Gasteiger partial charge is 0.319 e. The van der Waals surface area contributed by atoms with Crippen LogP contribution in [0.4, 0.5) is 16.2 Å². The highest BCUT2D eigenvalue weighted by Crippen LogP contribution is 2.27. The summed E-state index contributed by atoms with van der Waals surface area (Å²) in [4.78, 5) is 13.7. The van der Waals surface area contributed by atoms with Crippen molar-refractivity contribution in [3.8, 4) is 0 Å². The van der Waals surface area contributed by atoms with E-state index in [4.69, 9.17) is 16.7 Å². The minimum Gasteiger partial charge on any atom is -0.396 e. The lowest BCUT2D eigenvalue weighted by Crippen LogP contribution is -2.40. The van der Waals surface area contributed by atoms with Crippen molar-refractivity contribution in [2.45, 2.75) is 19.9 Å². The summed E-state index contributed by atoms with van der Waals surface area (Å²) in [5, 5.41) is 15.1. The molecule has 20 heavy (non-hydrogen) atoms. The van der Waals surface area contributed by atoms with Crippen LogP contribution in [0.3, 0.4) is 0 Å². The van der Waals surface area contributed by atoms with Gasteiger partial charge in [0.05, 0.1) is 10.7 Å². The molecule has 0 radical (unpaired) electrons. The van der Waals surface area contributed by atoms with Gasteiger partial charge in [-0.2, -0.15) is 0 Å². The Bertz CT molecular complexity index is 466. The molecule has 1 aromatic rings. The van der Waals surface area contributed by atoms with E-state index in [0.29, 0.717) is 10.7 Å². The predicted molar refractivity (Wildman–Crippen MR) is 83.6 cm³/mol. The second kappa shape index (κ2) is 7.36. The minimum absolute atomic E-state index is 0.000421. The van der Waals surface area contributed by atoms with Crippen molar-refractivity contribution in [1.29, 1.82) is 0 Å². The summed E-state index contributed by atoms with van der Waals surface area (Å²) in [5.74, 6) is 0.000421. The van der Waals surface area contributed by atoms with Crippen molar-refractivity contribution in [2.24, 2.45) is 5.92 Å². The Balaban J connectivity index is 2.65. The number of amides is 2. The average molecular weight is 300 g/mol. The van der Waals surface area contributed by atoms with E-state index in [1.54, 1.807) is 12.1 Å². The summed E-state index contributed by atoms with van der Waals surface area (Å²) in [6.45, 7) is 3.75. The number of carbonyl (C=O) groups is 1. The summed E-state index contributed by atoms with van der Waals surface area (Å²) in [6, 6.07) is 4.91. The SMILES string of the molecule is CC(CO)C(C)NC(=O)Nc1ccc(N(C)C)c(Cl)c1. The fourth-order valence-corrected chi connectivity index (χ4v) is 1.97. The zero-order valence-electron chi connectivity index (χ0n) is 12.3. The number of hydrogen-bond donors (Lipinski definition) is 3. The standard InChI is InChI=1S/C14H22ClN3O2/c1-9(8-19)10(2)16-14(20)17-11-5-6-13(18(3)4)12(15)7-11/h5-7,9-10,19H,8H2,1-4H3,(H2,16,17,20). The lowest BCUT2D eigenvalue weighted by Gasteiger charge is -2.20. The Morgan fingerprint density at radius 3 is 2.55 bits per heavy atom. The molecular formula is C14H22ClN3O2. The highest BCUT2D eigenvalue weighted by molar-refractivity contribution is 6.33. The monoisotopic (exact) mass is 299 g/mol. The molecule has 0 heterocycles. The first kappa shape index (κ1) is 16.6. The molecule has 0 saturated heterocycles. The van der Waals surface area contributed by atoms with E-state index in [1.807, 2.05) is 38.9 Å². The van der Waals surface area contributed by atoms with Gasteiger partial charge in [0.1, 0.15) is 0 Å². The highest BCUT2D eigenvalue weighted by Gasteiger charge is 2.14. The molecule has 0 aliphatic carbocycles. The van der Waals surface area contributed by atoms with E-state index in [9.17, 15) is 4.79 Å². The maximum absolute atomic E-state index is 11.8. The van der Waals surface area contributed by atoms with Gasteiger partial charge in [0, 0.05) is 32.4 Å². The lowest BCUT2D eigenvalue weighted by atomic mass is 10.1. The number of hydrogen-bond acceptors (Lipinski definition) is 3. The molecule has 1 rings (SSSR count). The molecule has 0 aliphatic heterocycles. The lowest BCUT2D eigenvalue weighted by molar-refractivity contribution is 0.204. The van der Waals surface area contributed by atoms with Crippen LogP contribution < -0.4 is 15.5 Å². The first-order valence-corrected chi connectivity index (χ1v) is 6.88. The van der Waals surface area contributed by atoms with Crippen LogP contribution in [0.5, 0.6) is 0 Å². The van der Waals surface area contributed by atoms with Crippen molar-refractivity contribution < 1.29 is 9.90 Å². The van der Waals surface area contributed by atoms with Crippen molar-refractivity contribution in [1.82, 2.24) is 5.32 Å². The van der Waals surface area contributed by atoms with Crippen LogP contribution in [0.1, 0.15) is 13.8 Å². The predicted octanol–water partition coefficient (Wildman–Crippen LogP) is 2.54. The zero-order chi connectivity index (χ0) is 15.3. The van der Waals surface area contributed by atoms with Crippen molar-refractivity contribution in [3.63, 3.8) is 0 Å². The Morgan fingerprint density at radius 2 is 2.05 bits per heavy atom. The number of carbonyl (C=O) groups excluding carboxylic acids is 1. The quantitative estimate of drug-likeness (QED) is 0.783. The Labute approximate surface area is 124 Å². The van der Waals surface area contributed by atoms with Gasteiger partial charge in [-0.15, -0.1) is 0 Å². The normalized spacial score (nSPS) is 13.5. The van der Waals surface area contributed by atoms with Gasteiger partial charge in [0.25, 0.3) is 0 Å². The maximum atomic E-state index is 11.8. The van der Waals surface area contributed by atoms with Gasteiger partial charge in [0.15, 0.2) is 0 Å². The molecule has 5 nitrogen and oxygen atoms in total. The van der Waals surface area contributed by atoms with Gasteiger partial charge in [-0.25, -0.2) is 4.79 Å². The second-order valence-electron chi connectivity index (χ2n) is 5.11. The van der Waals surface area contributed by atoms with Gasteiger partial charge < -0.3 is 20.6 Å².